The summed E-state index contributed by atoms with van der Waals surface area (Å²) in [6, 6.07) is 0. The van der Waals surface area contributed by atoms with E-state index in [1.807, 2.05) is 0 Å². The normalized spacial score (nSPS) is 13.1. The number of carbonyl (C=O) groups is 1. The van der Waals surface area contributed by atoms with Crippen LogP contribution in [0.2, 0.25) is 0 Å². The van der Waals surface area contributed by atoms with Gasteiger partial charge in [-0.3, -0.25) is 8.88 Å². The summed E-state index contributed by atoms with van der Waals surface area (Å²) in [6.07, 6.45) is -1.83. The molecule has 0 aliphatic rings. The second kappa shape index (κ2) is 10.9. The van der Waals surface area contributed by atoms with Crippen LogP contribution in [0.4, 0.5) is 4.79 Å². The van der Waals surface area contributed by atoms with Gasteiger partial charge in [0.25, 0.3) is 7.82 Å². The Balaban J connectivity index is -0.0000000883. The van der Waals surface area contributed by atoms with E-state index >= 15 is 0 Å². The van der Waals surface area contributed by atoms with Gasteiger partial charge in [0.05, 0.1) is 7.82 Å². The quantitative estimate of drug-likeness (QED) is 0.327. The van der Waals surface area contributed by atoms with Gasteiger partial charge < -0.3 is 34.4 Å². The second-order valence-corrected chi connectivity index (χ2v) is 3.76. The zero-order valence-electron chi connectivity index (χ0n) is 7.30. The number of carboxylic acid groups (broad SMARTS) is 2. The Bertz CT molecular complexity index is 228. The first-order chi connectivity index (χ1) is 5.44. The molecule has 0 heterocycles. The second-order valence-electron chi connectivity index (χ2n) is 1.28. The van der Waals surface area contributed by atoms with Crippen LogP contribution >= 0.6 is 15.6 Å². The number of rotatable bonds is 2. The first-order valence-electron chi connectivity index (χ1n) is 2.13. The molecule has 0 amide bonds. The smallest absolute Gasteiger partial charge is 0.790 e. The molecule has 0 rings (SSSR count). The molecule has 1 unspecified atom stereocenters. The van der Waals surface area contributed by atoms with Gasteiger partial charge in [-0.05, 0) is 0 Å². The molecule has 0 bridgehead atoms. The summed E-state index contributed by atoms with van der Waals surface area (Å²) >= 11 is 0. The Morgan fingerprint density at radius 2 is 1.33 bits per heavy atom. The fraction of sp³-hybridized carbons (Fsp3) is 0. The van der Waals surface area contributed by atoms with E-state index in [-0.39, 0.29) is 67.3 Å². The average molecular weight is 300 g/mol. The molecule has 80 valence electrons. The molecule has 1 atom stereocenters. The zero-order chi connectivity index (χ0) is 11.3. The zero-order valence-corrected chi connectivity index (χ0v) is 13.3. The fourth-order valence-corrected chi connectivity index (χ4v) is 1.14. The molecule has 0 aliphatic carbocycles. The van der Waals surface area contributed by atoms with Crippen molar-refractivity contribution in [2.45, 2.75) is 0 Å². The van der Waals surface area contributed by atoms with Crippen molar-refractivity contribution in [1.29, 1.82) is 0 Å². The minimum Gasteiger partial charge on any atom is -0.790 e. The van der Waals surface area contributed by atoms with E-state index in [2.05, 4.69) is 4.31 Å². The fourth-order valence-electron chi connectivity index (χ4n) is 0.126. The summed E-state index contributed by atoms with van der Waals surface area (Å²) in [5, 5.41) is 13.9. The van der Waals surface area contributed by atoms with Gasteiger partial charge in [0, 0.05) is 0 Å². The van der Waals surface area contributed by atoms with E-state index in [9.17, 15) is 23.8 Å². The monoisotopic (exact) mass is 300 g/mol. The van der Waals surface area contributed by atoms with Gasteiger partial charge in [0.2, 0.25) is 0 Å². The molecule has 0 fully saturated rings. The SMILES string of the molecule is O=C(O)O.O=P([O-])([O-])OP(=O)([O-])O.[Ca+2].[Na+]. The maximum Gasteiger partial charge on any atom is 2.00 e. The van der Waals surface area contributed by atoms with Gasteiger partial charge >= 0.3 is 73.5 Å². The summed E-state index contributed by atoms with van der Waals surface area (Å²) in [7, 11) is -11.0. The molecule has 15 heavy (non-hydrogen) atoms. The van der Waals surface area contributed by atoms with E-state index in [4.69, 9.17) is 19.9 Å². The van der Waals surface area contributed by atoms with Crippen LogP contribution in [-0.4, -0.2) is 59.0 Å². The molecule has 0 saturated heterocycles. The summed E-state index contributed by atoms with van der Waals surface area (Å²) in [4.78, 5) is 44.3. The topological polar surface area (TPSA) is 190 Å². The minimum absolute atomic E-state index is 0. The van der Waals surface area contributed by atoms with Crippen LogP contribution in [0.15, 0.2) is 0 Å². The van der Waals surface area contributed by atoms with Crippen LogP contribution < -0.4 is 44.2 Å². The summed E-state index contributed by atoms with van der Waals surface area (Å²) in [6.45, 7) is 0. The summed E-state index contributed by atoms with van der Waals surface area (Å²) < 4.78 is 21.4. The molecule has 0 saturated carbocycles. The molecule has 0 aromatic heterocycles. The van der Waals surface area contributed by atoms with Gasteiger partial charge in [-0.2, -0.15) is 0 Å². The molecule has 10 nitrogen and oxygen atoms in total. The molecule has 3 N–H and O–H groups in total. The van der Waals surface area contributed by atoms with Crippen LogP contribution in [0.3, 0.4) is 0 Å². The first-order valence-corrected chi connectivity index (χ1v) is 5.09. The van der Waals surface area contributed by atoms with Crippen molar-refractivity contribution >= 4 is 59.5 Å². The van der Waals surface area contributed by atoms with Crippen LogP contribution in [0.1, 0.15) is 0 Å². The van der Waals surface area contributed by atoms with Crippen molar-refractivity contribution in [3.05, 3.63) is 0 Å². The van der Waals surface area contributed by atoms with E-state index in [1.165, 1.54) is 0 Å². The maximum atomic E-state index is 9.44. The van der Waals surface area contributed by atoms with Crippen molar-refractivity contribution < 1.29 is 77.6 Å². The molecule has 0 spiro atoms. The third-order valence-electron chi connectivity index (χ3n) is 0.203. The third-order valence-corrected chi connectivity index (χ3v) is 1.83. The predicted molar refractivity (Wildman–Crippen MR) is 34.9 cm³/mol. The van der Waals surface area contributed by atoms with Crippen molar-refractivity contribution in [1.82, 2.24) is 0 Å². The van der Waals surface area contributed by atoms with Crippen LogP contribution in [0.5, 0.6) is 0 Å². The molecule has 0 aromatic rings. The standard InChI is InChI=1S/CH2O3.Ca.Na.H4O7P2/c2-1(3)4;;;1-8(2,3)7-9(4,5)6/h(H2,2,3,4);;;(H2,1,2,3)(H2,4,5,6)/q;+2;+1;/p-3. The Kier molecular flexibility index (Phi) is 18.6. The number of hydrogen-bond donors (Lipinski definition) is 3. The minimum atomic E-state index is -5.61. The van der Waals surface area contributed by atoms with Crippen molar-refractivity contribution in [2.24, 2.45) is 0 Å². The molecular weight excluding hydrogens is 297 g/mol. The molecule has 0 radical (unpaired) electrons. The van der Waals surface area contributed by atoms with E-state index in [0.29, 0.717) is 0 Å². The van der Waals surface area contributed by atoms with Crippen molar-refractivity contribution in [3.63, 3.8) is 0 Å². The van der Waals surface area contributed by atoms with Crippen molar-refractivity contribution in [2.75, 3.05) is 0 Å². The maximum absolute atomic E-state index is 9.44. The summed E-state index contributed by atoms with van der Waals surface area (Å²) in [5.41, 5.74) is 0. The molecular formula is CH3CaNaO10P2. The van der Waals surface area contributed by atoms with Gasteiger partial charge in [-0.25, -0.2) is 4.79 Å². The molecule has 0 aromatic carbocycles. The van der Waals surface area contributed by atoms with Gasteiger partial charge in [0.1, 0.15) is 0 Å². The van der Waals surface area contributed by atoms with Gasteiger partial charge in [-0.15, -0.1) is 0 Å². The van der Waals surface area contributed by atoms with E-state index in [0.717, 1.165) is 0 Å². The van der Waals surface area contributed by atoms with Crippen molar-refractivity contribution in [3.8, 4) is 0 Å². The van der Waals surface area contributed by atoms with Gasteiger partial charge in [-0.1, -0.05) is 0 Å². The average Bonchev–Trinajstić information content (AvgIpc) is 1.47. The van der Waals surface area contributed by atoms with Gasteiger partial charge in [0.15, 0.2) is 0 Å². The Morgan fingerprint density at radius 3 is 1.33 bits per heavy atom. The van der Waals surface area contributed by atoms with Crippen LogP contribution in [0.25, 0.3) is 0 Å². The van der Waals surface area contributed by atoms with Crippen LogP contribution in [0, 0.1) is 0 Å². The number of phosphoric acid groups is 2. The van der Waals surface area contributed by atoms with Crippen LogP contribution in [-0.2, 0) is 13.4 Å². The molecule has 14 heteroatoms. The van der Waals surface area contributed by atoms with E-state index in [1.54, 1.807) is 0 Å². The Hall–Kier alpha value is 1.79. The first kappa shape index (κ1) is 25.6. The Labute approximate surface area is 135 Å². The largest absolute Gasteiger partial charge is 2.00 e. The number of hydrogen-bond acceptors (Lipinski definition) is 7. The summed E-state index contributed by atoms with van der Waals surface area (Å²) in [5.74, 6) is 0. The third kappa shape index (κ3) is 49.5. The molecule has 0 aliphatic heterocycles. The Morgan fingerprint density at radius 1 is 1.13 bits per heavy atom. The van der Waals surface area contributed by atoms with E-state index < -0.39 is 21.8 Å². The predicted octanol–water partition coefficient (Wildman–Crippen LogP) is -5.86.